The van der Waals surface area contributed by atoms with Crippen molar-refractivity contribution in [2.24, 2.45) is 0 Å². The van der Waals surface area contributed by atoms with Gasteiger partial charge in [0.2, 0.25) is 0 Å². The van der Waals surface area contributed by atoms with Crippen molar-refractivity contribution in [3.63, 3.8) is 0 Å². The number of rotatable bonds is 4. The van der Waals surface area contributed by atoms with Crippen molar-refractivity contribution in [3.8, 4) is 0 Å². The summed E-state index contributed by atoms with van der Waals surface area (Å²) in [5.41, 5.74) is 0. The summed E-state index contributed by atoms with van der Waals surface area (Å²) >= 11 is 0. The number of hydrogen-bond acceptors (Lipinski definition) is 2. The standard InChI is InChI=1S/C11H24N2/c1-4-7-13-9-8-12(6-3)10-11(13)5-2/h11H,4-10H2,1-3H3. The molecule has 0 spiro atoms. The van der Waals surface area contributed by atoms with Gasteiger partial charge < -0.3 is 4.90 Å². The molecule has 2 heteroatoms. The number of hydrogen-bond donors (Lipinski definition) is 0. The van der Waals surface area contributed by atoms with Crippen molar-refractivity contribution in [3.05, 3.63) is 0 Å². The van der Waals surface area contributed by atoms with E-state index in [-0.39, 0.29) is 0 Å². The van der Waals surface area contributed by atoms with Gasteiger partial charge in [-0.15, -0.1) is 0 Å². The Kier molecular flexibility index (Phi) is 4.74. The first-order valence-electron chi connectivity index (χ1n) is 5.78. The van der Waals surface area contributed by atoms with E-state index in [1.54, 1.807) is 0 Å². The molecule has 1 saturated heterocycles. The molecule has 78 valence electrons. The second-order valence-electron chi connectivity index (χ2n) is 3.99. The van der Waals surface area contributed by atoms with Crippen molar-refractivity contribution in [2.75, 3.05) is 32.7 Å². The molecule has 1 fully saturated rings. The van der Waals surface area contributed by atoms with Crippen LogP contribution in [0.4, 0.5) is 0 Å². The lowest BCUT2D eigenvalue weighted by Gasteiger charge is -2.40. The maximum absolute atomic E-state index is 2.66. The molecule has 0 amide bonds. The largest absolute Gasteiger partial charge is 0.301 e. The Bertz CT molecular complexity index is 136. The number of piperazine rings is 1. The molecular weight excluding hydrogens is 160 g/mol. The zero-order valence-electron chi connectivity index (χ0n) is 9.42. The van der Waals surface area contributed by atoms with Crippen molar-refractivity contribution in [1.82, 2.24) is 9.80 Å². The molecule has 1 atom stereocenters. The molecule has 1 aliphatic rings. The third-order valence-corrected chi connectivity index (χ3v) is 3.12. The lowest BCUT2D eigenvalue weighted by molar-refractivity contribution is 0.0755. The molecule has 1 unspecified atom stereocenters. The van der Waals surface area contributed by atoms with Crippen molar-refractivity contribution < 1.29 is 0 Å². The maximum Gasteiger partial charge on any atom is 0.0221 e. The van der Waals surface area contributed by atoms with Crippen LogP contribution in [0.15, 0.2) is 0 Å². The van der Waals surface area contributed by atoms with Gasteiger partial charge in [-0.3, -0.25) is 4.90 Å². The van der Waals surface area contributed by atoms with E-state index in [2.05, 4.69) is 30.6 Å². The van der Waals surface area contributed by atoms with E-state index in [9.17, 15) is 0 Å². The summed E-state index contributed by atoms with van der Waals surface area (Å²) in [6.45, 7) is 13.2. The highest BCUT2D eigenvalue weighted by Crippen LogP contribution is 2.12. The molecule has 2 nitrogen and oxygen atoms in total. The summed E-state index contributed by atoms with van der Waals surface area (Å²) in [5.74, 6) is 0. The molecule has 0 saturated carbocycles. The lowest BCUT2D eigenvalue weighted by atomic mass is 10.1. The normalized spacial score (nSPS) is 26.5. The van der Waals surface area contributed by atoms with Gasteiger partial charge in [-0.2, -0.15) is 0 Å². The quantitative estimate of drug-likeness (QED) is 0.657. The second kappa shape index (κ2) is 5.61. The van der Waals surface area contributed by atoms with Crippen molar-refractivity contribution in [2.45, 2.75) is 39.7 Å². The average Bonchev–Trinajstić information content (AvgIpc) is 2.19. The molecular formula is C11H24N2. The van der Waals surface area contributed by atoms with E-state index in [1.807, 2.05) is 0 Å². The fourth-order valence-corrected chi connectivity index (χ4v) is 2.21. The zero-order valence-corrected chi connectivity index (χ0v) is 9.42. The Hall–Kier alpha value is -0.0800. The van der Waals surface area contributed by atoms with Gasteiger partial charge in [0, 0.05) is 25.7 Å². The third kappa shape index (κ3) is 2.96. The SMILES string of the molecule is CCCN1CCN(CC)CC1CC. The average molecular weight is 184 g/mol. The molecule has 0 aromatic heterocycles. The first-order chi connectivity index (χ1) is 6.31. The van der Waals surface area contributed by atoms with Crippen LogP contribution in [-0.2, 0) is 0 Å². The molecule has 1 rings (SSSR count). The minimum Gasteiger partial charge on any atom is -0.301 e. The van der Waals surface area contributed by atoms with Crippen LogP contribution in [0.1, 0.15) is 33.6 Å². The fraction of sp³-hybridized carbons (Fsp3) is 1.00. The Labute approximate surface area is 82.9 Å². The monoisotopic (exact) mass is 184 g/mol. The Morgan fingerprint density at radius 3 is 2.46 bits per heavy atom. The van der Waals surface area contributed by atoms with Gasteiger partial charge in [0.1, 0.15) is 0 Å². The maximum atomic E-state index is 2.66. The first kappa shape index (κ1) is 11.0. The third-order valence-electron chi connectivity index (χ3n) is 3.12. The highest BCUT2D eigenvalue weighted by molar-refractivity contribution is 4.80. The highest BCUT2D eigenvalue weighted by atomic mass is 15.3. The van der Waals surface area contributed by atoms with E-state index in [0.29, 0.717) is 0 Å². The molecule has 0 aromatic carbocycles. The van der Waals surface area contributed by atoms with Crippen LogP contribution in [0.3, 0.4) is 0 Å². The molecule has 0 bridgehead atoms. The summed E-state index contributed by atoms with van der Waals surface area (Å²) in [6, 6.07) is 0.814. The van der Waals surface area contributed by atoms with Crippen molar-refractivity contribution >= 4 is 0 Å². The van der Waals surface area contributed by atoms with Gasteiger partial charge in [0.25, 0.3) is 0 Å². The summed E-state index contributed by atoms with van der Waals surface area (Å²) in [7, 11) is 0. The molecule has 0 N–H and O–H groups in total. The lowest BCUT2D eigenvalue weighted by Crippen LogP contribution is -2.52. The second-order valence-corrected chi connectivity index (χ2v) is 3.99. The molecule has 1 aliphatic heterocycles. The minimum atomic E-state index is 0.814. The topological polar surface area (TPSA) is 6.48 Å². The predicted molar refractivity (Wildman–Crippen MR) is 58.1 cm³/mol. The van der Waals surface area contributed by atoms with E-state index >= 15 is 0 Å². The molecule has 13 heavy (non-hydrogen) atoms. The van der Waals surface area contributed by atoms with E-state index < -0.39 is 0 Å². The minimum absolute atomic E-state index is 0.814. The van der Waals surface area contributed by atoms with Gasteiger partial charge in [-0.05, 0) is 25.9 Å². The molecule has 0 aliphatic carbocycles. The van der Waals surface area contributed by atoms with Crippen LogP contribution < -0.4 is 0 Å². The fourth-order valence-electron chi connectivity index (χ4n) is 2.21. The summed E-state index contributed by atoms with van der Waals surface area (Å²) in [4.78, 5) is 5.23. The molecule has 0 radical (unpaired) electrons. The molecule has 0 aromatic rings. The van der Waals surface area contributed by atoms with Crippen LogP contribution >= 0.6 is 0 Å². The Morgan fingerprint density at radius 1 is 1.15 bits per heavy atom. The number of likely N-dealkylation sites (N-methyl/N-ethyl adjacent to an activating group) is 1. The highest BCUT2D eigenvalue weighted by Gasteiger charge is 2.23. The summed E-state index contributed by atoms with van der Waals surface area (Å²) < 4.78 is 0. The van der Waals surface area contributed by atoms with Gasteiger partial charge in [0.15, 0.2) is 0 Å². The van der Waals surface area contributed by atoms with Crippen LogP contribution in [-0.4, -0.2) is 48.6 Å². The van der Waals surface area contributed by atoms with E-state index in [1.165, 1.54) is 45.6 Å². The van der Waals surface area contributed by atoms with Crippen LogP contribution in [0.25, 0.3) is 0 Å². The first-order valence-corrected chi connectivity index (χ1v) is 5.78. The van der Waals surface area contributed by atoms with E-state index in [0.717, 1.165) is 6.04 Å². The van der Waals surface area contributed by atoms with Gasteiger partial charge in [0.05, 0.1) is 0 Å². The van der Waals surface area contributed by atoms with Gasteiger partial charge in [-0.25, -0.2) is 0 Å². The van der Waals surface area contributed by atoms with Crippen LogP contribution in [0.2, 0.25) is 0 Å². The number of nitrogens with zero attached hydrogens (tertiary/aromatic N) is 2. The van der Waals surface area contributed by atoms with Crippen molar-refractivity contribution in [1.29, 1.82) is 0 Å². The summed E-state index contributed by atoms with van der Waals surface area (Å²) in [5, 5.41) is 0. The van der Waals surface area contributed by atoms with Gasteiger partial charge >= 0.3 is 0 Å². The smallest absolute Gasteiger partial charge is 0.0221 e. The van der Waals surface area contributed by atoms with Crippen LogP contribution in [0, 0.1) is 0 Å². The predicted octanol–water partition coefficient (Wildman–Crippen LogP) is 1.81. The van der Waals surface area contributed by atoms with E-state index in [4.69, 9.17) is 0 Å². The Morgan fingerprint density at radius 2 is 1.92 bits per heavy atom. The summed E-state index contributed by atoms with van der Waals surface area (Å²) in [6.07, 6.45) is 2.60. The van der Waals surface area contributed by atoms with Crippen LogP contribution in [0.5, 0.6) is 0 Å². The van der Waals surface area contributed by atoms with Gasteiger partial charge in [-0.1, -0.05) is 20.8 Å². The zero-order chi connectivity index (χ0) is 9.68. The Balaban J connectivity index is 2.40. The molecule has 1 heterocycles.